The fourth-order valence-corrected chi connectivity index (χ4v) is 5.04. The van der Waals surface area contributed by atoms with E-state index >= 15 is 0 Å². The second-order valence-corrected chi connectivity index (χ2v) is 9.30. The predicted octanol–water partition coefficient (Wildman–Crippen LogP) is 4.74. The van der Waals surface area contributed by atoms with Crippen molar-refractivity contribution in [2.24, 2.45) is 0 Å². The molecule has 2 atom stereocenters. The molecule has 1 radical (unpaired) electrons. The normalized spacial score (nSPS) is 24.6. The summed E-state index contributed by atoms with van der Waals surface area (Å²) in [5, 5.41) is -6.42. The molecule has 0 saturated carbocycles. The van der Waals surface area contributed by atoms with Gasteiger partial charge in [0.1, 0.15) is 0 Å². The van der Waals surface area contributed by atoms with Gasteiger partial charge in [0, 0.05) is 18.0 Å². The summed E-state index contributed by atoms with van der Waals surface area (Å²) < 4.78 is 118. The topological polar surface area (TPSA) is 43.4 Å². The van der Waals surface area contributed by atoms with Crippen LogP contribution in [0.5, 0.6) is 0 Å². The Morgan fingerprint density at radius 1 is 1.16 bits per heavy atom. The van der Waals surface area contributed by atoms with Gasteiger partial charge in [-0.05, 0) is 19.1 Å². The fourth-order valence-electron chi connectivity index (χ4n) is 1.74. The molecule has 0 fully saturated rings. The second kappa shape index (κ2) is 6.79. The zero-order valence-corrected chi connectivity index (χ0v) is 16.3. The van der Waals surface area contributed by atoms with Crippen LogP contribution in [0.4, 0.5) is 30.7 Å². The first-order valence-electron chi connectivity index (χ1n) is 6.18. The van der Waals surface area contributed by atoms with Crippen LogP contribution < -0.4 is 0 Å². The molecule has 0 N–H and O–H groups in total. The van der Waals surface area contributed by atoms with Crippen molar-refractivity contribution >= 4 is 41.7 Å². The monoisotopic (exact) mass is 525 g/mol. The molecule has 0 saturated heterocycles. The van der Waals surface area contributed by atoms with Crippen molar-refractivity contribution in [1.82, 2.24) is 0 Å². The third-order valence-electron chi connectivity index (χ3n) is 3.35. The third kappa shape index (κ3) is 3.79. The lowest BCUT2D eigenvalue weighted by molar-refractivity contribution is -0.331. The number of hydrogen-bond donors (Lipinski definition) is 0. The molecule has 0 spiro atoms. The highest BCUT2D eigenvalue weighted by Gasteiger charge is 2.79. The summed E-state index contributed by atoms with van der Waals surface area (Å²) in [6.07, 6.45) is -5.31. The molecule has 0 aliphatic heterocycles. The SMILES string of the molecule is COC(C)C1(Br)[CH]C(Br)=CC(S(=O)(=O)C(F)(F)C(F)(F)C(F)(F)F)=C1. The number of methoxy groups -OCH3 is 1. The second-order valence-electron chi connectivity index (χ2n) is 5.02. The third-order valence-corrected chi connectivity index (χ3v) is 6.70. The Bertz CT molecular complexity index is 700. The summed E-state index contributed by atoms with van der Waals surface area (Å²) >= 11 is 5.82. The van der Waals surface area contributed by atoms with Gasteiger partial charge in [0.15, 0.2) is 0 Å². The minimum atomic E-state index is -6.79. The van der Waals surface area contributed by atoms with Crippen molar-refractivity contribution in [3.63, 3.8) is 0 Å². The first-order valence-corrected chi connectivity index (χ1v) is 9.25. The molecule has 0 heterocycles. The summed E-state index contributed by atoms with van der Waals surface area (Å²) in [6, 6.07) is 0. The van der Waals surface area contributed by atoms with Gasteiger partial charge in [-0.25, -0.2) is 8.42 Å². The van der Waals surface area contributed by atoms with E-state index in [2.05, 4.69) is 31.9 Å². The average molecular weight is 527 g/mol. The molecule has 2 unspecified atom stereocenters. The van der Waals surface area contributed by atoms with E-state index in [-0.39, 0.29) is 4.48 Å². The maximum atomic E-state index is 13.7. The molecule has 0 aromatic heterocycles. The quantitative estimate of drug-likeness (QED) is 0.384. The molecule has 145 valence electrons. The minimum Gasteiger partial charge on any atom is -0.380 e. The van der Waals surface area contributed by atoms with E-state index in [1.54, 1.807) is 0 Å². The summed E-state index contributed by atoms with van der Waals surface area (Å²) in [5.74, 6) is -6.79. The Morgan fingerprint density at radius 2 is 1.64 bits per heavy atom. The van der Waals surface area contributed by atoms with Gasteiger partial charge in [-0.2, -0.15) is 30.7 Å². The number of ether oxygens (including phenoxy) is 1. The Labute approximate surface area is 155 Å². The van der Waals surface area contributed by atoms with Gasteiger partial charge in [-0.1, -0.05) is 31.9 Å². The van der Waals surface area contributed by atoms with E-state index in [0.29, 0.717) is 12.2 Å². The molecule has 0 amide bonds. The molecular weight excluding hydrogens is 517 g/mol. The molecule has 0 bridgehead atoms. The van der Waals surface area contributed by atoms with E-state index in [4.69, 9.17) is 4.74 Å². The van der Waals surface area contributed by atoms with Crippen LogP contribution in [0.2, 0.25) is 0 Å². The number of sulfone groups is 1. The molecular formula is C12H10Br2F7O3S. The largest absolute Gasteiger partial charge is 0.461 e. The van der Waals surface area contributed by atoms with Crippen LogP contribution in [0, 0.1) is 6.42 Å². The van der Waals surface area contributed by atoms with Crippen molar-refractivity contribution < 1.29 is 43.9 Å². The van der Waals surface area contributed by atoms with E-state index in [9.17, 15) is 39.2 Å². The fraction of sp³-hybridized carbons (Fsp3) is 0.583. The lowest BCUT2D eigenvalue weighted by atomic mass is 9.95. The van der Waals surface area contributed by atoms with Crippen LogP contribution in [-0.4, -0.2) is 43.3 Å². The van der Waals surface area contributed by atoms with Crippen molar-refractivity contribution in [3.05, 3.63) is 28.0 Å². The Morgan fingerprint density at radius 3 is 2.04 bits per heavy atom. The van der Waals surface area contributed by atoms with Crippen LogP contribution in [-0.2, 0) is 14.6 Å². The van der Waals surface area contributed by atoms with Crippen LogP contribution >= 0.6 is 31.9 Å². The van der Waals surface area contributed by atoms with E-state index < -0.39 is 42.5 Å². The number of hydrogen-bond acceptors (Lipinski definition) is 3. The van der Waals surface area contributed by atoms with Gasteiger partial charge >= 0.3 is 17.4 Å². The van der Waals surface area contributed by atoms with Gasteiger partial charge in [-0.3, -0.25) is 0 Å². The maximum Gasteiger partial charge on any atom is 0.461 e. The summed E-state index contributed by atoms with van der Waals surface area (Å²) in [6.45, 7) is 1.39. The van der Waals surface area contributed by atoms with Crippen molar-refractivity contribution in [2.45, 2.75) is 34.7 Å². The van der Waals surface area contributed by atoms with Crippen molar-refractivity contribution in [2.75, 3.05) is 7.11 Å². The van der Waals surface area contributed by atoms with E-state index in [1.807, 2.05) is 0 Å². The Balaban J connectivity index is 3.56. The lowest BCUT2D eigenvalue weighted by Gasteiger charge is -2.34. The standard InChI is InChI=1S/C12H10Br2F7O3S/c1-6(24-2)9(14)4-7(13)3-8(5-9)25(22,23)12(20,21)10(15,16)11(17,18)19/h3-6H,1-2H3. The molecule has 1 aliphatic rings. The van der Waals surface area contributed by atoms with Crippen LogP contribution in [0.3, 0.4) is 0 Å². The highest BCUT2D eigenvalue weighted by molar-refractivity contribution is 9.12. The Kier molecular flexibility index (Phi) is 6.22. The van der Waals surface area contributed by atoms with Gasteiger partial charge in [0.25, 0.3) is 0 Å². The first-order chi connectivity index (χ1) is 10.9. The molecule has 0 aromatic carbocycles. The molecule has 1 aliphatic carbocycles. The summed E-state index contributed by atoms with van der Waals surface area (Å²) in [5.41, 5.74) is 0. The molecule has 13 heteroatoms. The highest BCUT2D eigenvalue weighted by atomic mass is 79.9. The van der Waals surface area contributed by atoms with Crippen molar-refractivity contribution in [3.8, 4) is 0 Å². The van der Waals surface area contributed by atoms with Crippen LogP contribution in [0.1, 0.15) is 6.92 Å². The van der Waals surface area contributed by atoms with Gasteiger partial charge in [0.05, 0.1) is 15.3 Å². The zero-order valence-electron chi connectivity index (χ0n) is 12.3. The van der Waals surface area contributed by atoms with E-state index in [0.717, 1.165) is 0 Å². The smallest absolute Gasteiger partial charge is 0.380 e. The lowest BCUT2D eigenvalue weighted by Crippen LogP contribution is -2.56. The van der Waals surface area contributed by atoms with Crippen LogP contribution in [0.25, 0.3) is 0 Å². The summed E-state index contributed by atoms with van der Waals surface area (Å²) in [7, 11) is -5.21. The van der Waals surface area contributed by atoms with Gasteiger partial charge in [0.2, 0.25) is 9.84 Å². The summed E-state index contributed by atoms with van der Waals surface area (Å²) in [4.78, 5) is -1.42. The van der Waals surface area contributed by atoms with E-state index in [1.165, 1.54) is 20.5 Å². The maximum absolute atomic E-state index is 13.7. The number of halogens is 9. The zero-order chi connectivity index (χ0) is 20.1. The molecule has 1 rings (SSSR count). The van der Waals surface area contributed by atoms with Gasteiger partial charge in [-0.15, -0.1) is 0 Å². The molecule has 3 nitrogen and oxygen atoms in total. The average Bonchev–Trinajstić information content (AvgIpc) is 2.43. The van der Waals surface area contributed by atoms with Crippen LogP contribution in [0.15, 0.2) is 21.5 Å². The van der Waals surface area contributed by atoms with Crippen molar-refractivity contribution in [1.29, 1.82) is 0 Å². The number of allylic oxidation sites excluding steroid dienone is 2. The molecule has 25 heavy (non-hydrogen) atoms. The highest BCUT2D eigenvalue weighted by Crippen LogP contribution is 2.52. The molecule has 0 aromatic rings. The van der Waals surface area contributed by atoms with Gasteiger partial charge < -0.3 is 4.74 Å². The number of alkyl halides is 8. The first kappa shape index (κ1) is 22.9. The minimum absolute atomic E-state index is 0.138. The number of rotatable bonds is 5. The predicted molar refractivity (Wildman–Crippen MR) is 82.4 cm³/mol. The Hall–Kier alpha value is -0.140.